The zero-order valence-electron chi connectivity index (χ0n) is 21.3. The summed E-state index contributed by atoms with van der Waals surface area (Å²) in [5, 5.41) is 2.64. The van der Waals surface area contributed by atoms with Crippen LogP contribution in [0.5, 0.6) is 17.2 Å². The fraction of sp³-hybridized carbons (Fsp3) is 0.240. The summed E-state index contributed by atoms with van der Waals surface area (Å²) in [5.41, 5.74) is 1.37. The molecule has 0 spiro atoms. The number of methoxy groups -OCH3 is 2. The Balaban J connectivity index is 1.56. The lowest BCUT2D eigenvalue weighted by Crippen LogP contribution is -2.24. The lowest BCUT2D eigenvalue weighted by molar-refractivity contribution is -0.118. The van der Waals surface area contributed by atoms with Gasteiger partial charge in [-0.15, -0.1) is 0 Å². The first-order valence-corrected chi connectivity index (χ1v) is 14.5. The molecule has 13 heteroatoms. The molecule has 3 rings (SSSR count). The molecule has 0 saturated heterocycles. The van der Waals surface area contributed by atoms with Crippen molar-refractivity contribution in [3.8, 4) is 17.2 Å². The minimum atomic E-state index is -3.94. The van der Waals surface area contributed by atoms with Crippen molar-refractivity contribution in [2.45, 2.75) is 11.4 Å². The first-order chi connectivity index (χ1) is 17.9. The standard InChI is InChI=1S/C25H29N3O8S2/c1-28(37(4,30)31)16-18-5-9-20(10-6-18)36-17-25(29)26-19-7-12-22(13-8-19)38(32,33)27-23-15-21(34-2)11-14-24(23)35-3/h5-15,27H,16-17H2,1-4H3,(H,26,29). The Hall–Kier alpha value is -3.81. The van der Waals surface area contributed by atoms with Gasteiger partial charge in [-0.05, 0) is 54.1 Å². The molecule has 0 atom stereocenters. The topological polar surface area (TPSA) is 140 Å². The van der Waals surface area contributed by atoms with E-state index in [0.29, 0.717) is 22.9 Å². The molecule has 38 heavy (non-hydrogen) atoms. The number of carbonyl (C=O) groups is 1. The van der Waals surface area contributed by atoms with E-state index < -0.39 is 26.0 Å². The second-order valence-electron chi connectivity index (χ2n) is 8.20. The molecular weight excluding hydrogens is 534 g/mol. The highest BCUT2D eigenvalue weighted by molar-refractivity contribution is 7.92. The molecule has 0 aromatic heterocycles. The van der Waals surface area contributed by atoms with E-state index in [4.69, 9.17) is 14.2 Å². The zero-order chi connectivity index (χ0) is 27.9. The number of amides is 1. The van der Waals surface area contributed by atoms with Crippen molar-refractivity contribution in [3.63, 3.8) is 0 Å². The van der Waals surface area contributed by atoms with Crippen LogP contribution < -0.4 is 24.2 Å². The molecule has 204 valence electrons. The van der Waals surface area contributed by atoms with E-state index in [-0.39, 0.29) is 23.7 Å². The maximum Gasteiger partial charge on any atom is 0.262 e. The second-order valence-corrected chi connectivity index (χ2v) is 12.0. The highest BCUT2D eigenvalue weighted by Gasteiger charge is 2.18. The predicted molar refractivity (Wildman–Crippen MR) is 144 cm³/mol. The second kappa shape index (κ2) is 12.2. The van der Waals surface area contributed by atoms with Crippen LogP contribution in [-0.4, -0.2) is 61.2 Å². The van der Waals surface area contributed by atoms with E-state index in [9.17, 15) is 21.6 Å². The van der Waals surface area contributed by atoms with E-state index in [0.717, 1.165) is 11.8 Å². The summed E-state index contributed by atoms with van der Waals surface area (Å²) in [6, 6.07) is 17.1. The fourth-order valence-electron chi connectivity index (χ4n) is 3.23. The Morgan fingerprint density at radius 2 is 1.50 bits per heavy atom. The summed E-state index contributed by atoms with van der Waals surface area (Å²) in [6.07, 6.45) is 1.13. The van der Waals surface area contributed by atoms with Gasteiger partial charge in [0.25, 0.3) is 15.9 Å². The van der Waals surface area contributed by atoms with Gasteiger partial charge >= 0.3 is 0 Å². The number of hydrogen-bond acceptors (Lipinski definition) is 8. The van der Waals surface area contributed by atoms with Gasteiger partial charge in [0, 0.05) is 25.3 Å². The molecule has 0 aliphatic rings. The number of ether oxygens (including phenoxy) is 3. The largest absolute Gasteiger partial charge is 0.497 e. The minimum Gasteiger partial charge on any atom is -0.497 e. The van der Waals surface area contributed by atoms with Gasteiger partial charge in [-0.1, -0.05) is 12.1 Å². The van der Waals surface area contributed by atoms with Crippen LogP contribution in [0.2, 0.25) is 0 Å². The number of benzene rings is 3. The third kappa shape index (κ3) is 7.84. The van der Waals surface area contributed by atoms with Gasteiger partial charge in [0.05, 0.1) is 31.1 Å². The zero-order valence-corrected chi connectivity index (χ0v) is 22.9. The molecule has 0 heterocycles. The Morgan fingerprint density at radius 3 is 2.08 bits per heavy atom. The number of nitrogens with zero attached hydrogens (tertiary/aromatic N) is 1. The van der Waals surface area contributed by atoms with Gasteiger partial charge in [0.2, 0.25) is 10.0 Å². The van der Waals surface area contributed by atoms with E-state index >= 15 is 0 Å². The van der Waals surface area contributed by atoms with Crippen LogP contribution >= 0.6 is 0 Å². The van der Waals surface area contributed by atoms with Crippen molar-refractivity contribution >= 4 is 37.3 Å². The number of sulfonamides is 2. The molecule has 0 radical (unpaired) electrons. The van der Waals surface area contributed by atoms with Gasteiger partial charge in [-0.2, -0.15) is 0 Å². The first-order valence-electron chi connectivity index (χ1n) is 11.2. The SMILES string of the molecule is COc1ccc(OC)c(NS(=O)(=O)c2ccc(NC(=O)COc3ccc(CN(C)S(C)(=O)=O)cc3)cc2)c1. The lowest BCUT2D eigenvalue weighted by Gasteiger charge is -2.14. The number of nitrogens with one attached hydrogen (secondary N) is 2. The maximum absolute atomic E-state index is 12.8. The van der Waals surface area contributed by atoms with Crippen molar-refractivity contribution in [2.75, 3.05) is 44.2 Å². The average molecular weight is 564 g/mol. The Kier molecular flexibility index (Phi) is 9.20. The summed E-state index contributed by atoms with van der Waals surface area (Å²) in [7, 11) is -2.85. The third-order valence-electron chi connectivity index (χ3n) is 5.36. The van der Waals surface area contributed by atoms with Crippen LogP contribution in [0.3, 0.4) is 0 Å². The Morgan fingerprint density at radius 1 is 0.868 bits per heavy atom. The summed E-state index contributed by atoms with van der Waals surface area (Å²) >= 11 is 0. The van der Waals surface area contributed by atoms with Gasteiger partial charge in [-0.3, -0.25) is 9.52 Å². The van der Waals surface area contributed by atoms with Gasteiger partial charge in [-0.25, -0.2) is 21.1 Å². The highest BCUT2D eigenvalue weighted by Crippen LogP contribution is 2.31. The third-order valence-corrected chi connectivity index (χ3v) is 8.01. The first kappa shape index (κ1) is 28.8. The average Bonchev–Trinajstić information content (AvgIpc) is 2.87. The molecule has 2 N–H and O–H groups in total. The quantitative estimate of drug-likeness (QED) is 0.343. The van der Waals surface area contributed by atoms with Crippen LogP contribution in [0, 0.1) is 0 Å². The number of rotatable bonds is 12. The molecule has 3 aromatic carbocycles. The van der Waals surface area contributed by atoms with Crippen molar-refractivity contribution in [3.05, 3.63) is 72.3 Å². The molecule has 11 nitrogen and oxygen atoms in total. The predicted octanol–water partition coefficient (Wildman–Crippen LogP) is 2.91. The normalized spacial score (nSPS) is 11.6. The summed E-state index contributed by atoms with van der Waals surface area (Å²) in [5.74, 6) is 0.778. The van der Waals surface area contributed by atoms with Gasteiger partial charge in [0.15, 0.2) is 6.61 Å². The minimum absolute atomic E-state index is 0.0155. The van der Waals surface area contributed by atoms with Crippen LogP contribution in [0.15, 0.2) is 71.6 Å². The summed E-state index contributed by atoms with van der Waals surface area (Å²) < 4.78 is 68.3. The summed E-state index contributed by atoms with van der Waals surface area (Å²) in [6.45, 7) is -0.0618. The molecule has 0 fully saturated rings. The molecule has 0 saturated carbocycles. The maximum atomic E-state index is 12.8. The molecule has 0 aliphatic heterocycles. The lowest BCUT2D eigenvalue weighted by atomic mass is 10.2. The number of anilines is 2. The Labute approximate surface area is 222 Å². The van der Waals surface area contributed by atoms with Crippen molar-refractivity contribution in [1.29, 1.82) is 0 Å². The van der Waals surface area contributed by atoms with Gasteiger partial charge < -0.3 is 19.5 Å². The Bertz CT molecular complexity index is 1470. The van der Waals surface area contributed by atoms with Crippen LogP contribution in [0.25, 0.3) is 0 Å². The van der Waals surface area contributed by atoms with Crippen molar-refractivity contribution < 1.29 is 35.8 Å². The number of hydrogen-bond donors (Lipinski definition) is 2. The molecule has 3 aromatic rings. The van der Waals surface area contributed by atoms with Crippen LogP contribution in [0.1, 0.15) is 5.56 Å². The molecule has 0 bridgehead atoms. The molecule has 0 aliphatic carbocycles. The van der Waals surface area contributed by atoms with Crippen molar-refractivity contribution in [2.24, 2.45) is 0 Å². The van der Waals surface area contributed by atoms with E-state index in [1.54, 1.807) is 36.4 Å². The molecule has 0 unspecified atom stereocenters. The van der Waals surface area contributed by atoms with E-state index in [1.807, 2.05) is 0 Å². The fourth-order valence-corrected chi connectivity index (χ4v) is 4.67. The van der Waals surface area contributed by atoms with E-state index in [1.165, 1.54) is 55.9 Å². The van der Waals surface area contributed by atoms with Crippen molar-refractivity contribution in [1.82, 2.24) is 4.31 Å². The number of carbonyl (C=O) groups excluding carboxylic acids is 1. The highest BCUT2D eigenvalue weighted by atomic mass is 32.2. The smallest absolute Gasteiger partial charge is 0.262 e. The van der Waals surface area contributed by atoms with E-state index in [2.05, 4.69) is 10.0 Å². The van der Waals surface area contributed by atoms with Gasteiger partial charge in [0.1, 0.15) is 17.2 Å². The van der Waals surface area contributed by atoms with Crippen LogP contribution in [0.4, 0.5) is 11.4 Å². The molecule has 1 amide bonds. The molecular formula is C25H29N3O8S2. The summed E-state index contributed by atoms with van der Waals surface area (Å²) in [4.78, 5) is 12.3. The van der Waals surface area contributed by atoms with Crippen LogP contribution in [-0.2, 0) is 31.4 Å². The monoisotopic (exact) mass is 563 g/mol.